The third-order valence-corrected chi connectivity index (χ3v) is 8.38. The van der Waals surface area contributed by atoms with E-state index in [4.69, 9.17) is 0 Å². The zero-order valence-corrected chi connectivity index (χ0v) is 16.0. The molecule has 4 aliphatic rings. The van der Waals surface area contributed by atoms with Crippen LogP contribution in [0.25, 0.3) is 0 Å². The SMILES string of the molecule is C[C@]12C=CC(=O)C=C1CC[C@H]1[C@@H]3C[C@@H](F)[C@](O)(C(=O)CO)[C@@]3(C)C[C@@H](O)[C@@]12F. The van der Waals surface area contributed by atoms with E-state index >= 15 is 4.39 Å². The maximum Gasteiger partial charge on any atom is 0.193 e. The molecule has 5 nitrogen and oxygen atoms in total. The van der Waals surface area contributed by atoms with Crippen molar-refractivity contribution >= 4 is 11.6 Å². The largest absolute Gasteiger partial charge is 0.390 e. The van der Waals surface area contributed by atoms with Gasteiger partial charge in [0, 0.05) is 16.7 Å². The van der Waals surface area contributed by atoms with Crippen LogP contribution < -0.4 is 0 Å². The van der Waals surface area contributed by atoms with Crippen LogP contribution >= 0.6 is 0 Å². The number of hydrogen-bond donors (Lipinski definition) is 3. The van der Waals surface area contributed by atoms with Gasteiger partial charge in [-0.3, -0.25) is 9.59 Å². The van der Waals surface area contributed by atoms with Gasteiger partial charge in [0.2, 0.25) is 0 Å². The highest BCUT2D eigenvalue weighted by Gasteiger charge is 2.76. The Bertz CT molecular complexity index is 809. The van der Waals surface area contributed by atoms with E-state index in [-0.39, 0.29) is 25.0 Å². The van der Waals surface area contributed by atoms with Crippen LogP contribution in [-0.2, 0) is 9.59 Å². The molecule has 3 N–H and O–H groups in total. The first-order chi connectivity index (χ1) is 13.0. The molecule has 0 aromatic rings. The van der Waals surface area contributed by atoms with E-state index in [1.54, 1.807) is 6.92 Å². The lowest BCUT2D eigenvalue weighted by molar-refractivity contribution is -0.220. The Morgan fingerprint density at radius 1 is 1.32 bits per heavy atom. The average molecular weight is 396 g/mol. The van der Waals surface area contributed by atoms with Gasteiger partial charge in [0.05, 0.1) is 6.10 Å². The second-order valence-corrected chi connectivity index (χ2v) is 9.32. The fourth-order valence-corrected chi connectivity index (χ4v) is 6.80. The van der Waals surface area contributed by atoms with E-state index in [0.717, 1.165) is 0 Å². The molecule has 7 heteroatoms. The van der Waals surface area contributed by atoms with Gasteiger partial charge in [-0.05, 0) is 50.7 Å². The summed E-state index contributed by atoms with van der Waals surface area (Å²) in [6.45, 7) is 2.14. The Morgan fingerprint density at radius 3 is 2.64 bits per heavy atom. The van der Waals surface area contributed by atoms with Gasteiger partial charge in [0.1, 0.15) is 12.8 Å². The van der Waals surface area contributed by atoms with Crippen LogP contribution in [0, 0.1) is 22.7 Å². The lowest BCUT2D eigenvalue weighted by Gasteiger charge is -2.62. The molecular formula is C21H26F2O5. The van der Waals surface area contributed by atoms with Gasteiger partial charge >= 0.3 is 0 Å². The van der Waals surface area contributed by atoms with Crippen LogP contribution in [0.5, 0.6) is 0 Å². The Hall–Kier alpha value is -1.44. The van der Waals surface area contributed by atoms with Crippen molar-refractivity contribution in [3.8, 4) is 0 Å². The summed E-state index contributed by atoms with van der Waals surface area (Å²) in [6, 6.07) is 0. The molecule has 8 atom stereocenters. The highest BCUT2D eigenvalue weighted by atomic mass is 19.1. The number of halogens is 2. The molecule has 0 radical (unpaired) electrons. The number of ketones is 2. The number of carbonyl (C=O) groups is 2. The van der Waals surface area contributed by atoms with Gasteiger partial charge in [0.25, 0.3) is 0 Å². The van der Waals surface area contributed by atoms with Crippen molar-refractivity contribution < 1.29 is 33.7 Å². The first-order valence-corrected chi connectivity index (χ1v) is 9.78. The first-order valence-electron chi connectivity index (χ1n) is 9.78. The summed E-state index contributed by atoms with van der Waals surface area (Å²) in [7, 11) is 0. The zero-order chi connectivity index (χ0) is 20.7. The highest BCUT2D eigenvalue weighted by Crippen LogP contribution is 2.70. The zero-order valence-electron chi connectivity index (χ0n) is 16.0. The van der Waals surface area contributed by atoms with Crippen molar-refractivity contribution in [2.24, 2.45) is 22.7 Å². The van der Waals surface area contributed by atoms with Crippen molar-refractivity contribution in [3.63, 3.8) is 0 Å². The number of alkyl halides is 2. The first kappa shape index (κ1) is 19.9. The van der Waals surface area contributed by atoms with Crippen molar-refractivity contribution in [1.82, 2.24) is 0 Å². The molecule has 0 unspecified atom stereocenters. The monoisotopic (exact) mass is 396 g/mol. The molecule has 0 aromatic heterocycles. The topological polar surface area (TPSA) is 94.8 Å². The van der Waals surface area contributed by atoms with Crippen LogP contribution in [0.2, 0.25) is 0 Å². The summed E-state index contributed by atoms with van der Waals surface area (Å²) >= 11 is 0. The van der Waals surface area contributed by atoms with Gasteiger partial charge in [-0.25, -0.2) is 8.78 Å². The fraction of sp³-hybridized carbons (Fsp3) is 0.714. The standard InChI is InChI=1S/C21H26F2O5/c1-18-6-5-12(25)7-11(18)3-4-13-14-8-15(22)21(28,17(27)10-24)19(14,2)9-16(26)20(13,18)23/h5-7,13-16,24,26,28H,3-4,8-10H2,1-2H3/t13-,14-,15+,16+,18-,19-,20-,21-/m0/s1. The van der Waals surface area contributed by atoms with Crippen LogP contribution in [0.4, 0.5) is 8.78 Å². The number of aliphatic hydroxyl groups is 3. The normalized spacial score (nSPS) is 52.5. The lowest BCUT2D eigenvalue weighted by Crippen LogP contribution is -2.69. The molecule has 3 saturated carbocycles. The Labute approximate surface area is 162 Å². The highest BCUT2D eigenvalue weighted by molar-refractivity contribution is 6.01. The lowest BCUT2D eigenvalue weighted by atomic mass is 9.44. The minimum atomic E-state index is -2.45. The maximum absolute atomic E-state index is 16.7. The van der Waals surface area contributed by atoms with E-state index in [0.29, 0.717) is 12.0 Å². The summed E-state index contributed by atoms with van der Waals surface area (Å²) in [5.41, 5.74) is -6.59. The molecule has 0 aromatic carbocycles. The average Bonchev–Trinajstić information content (AvgIpc) is 2.84. The molecule has 0 heterocycles. The smallest absolute Gasteiger partial charge is 0.193 e. The molecule has 154 valence electrons. The van der Waals surface area contributed by atoms with Gasteiger partial charge < -0.3 is 15.3 Å². The van der Waals surface area contributed by atoms with Gasteiger partial charge in [-0.2, -0.15) is 0 Å². The van der Waals surface area contributed by atoms with Crippen LogP contribution in [0.1, 0.15) is 39.5 Å². The van der Waals surface area contributed by atoms with Crippen molar-refractivity contribution in [2.45, 2.75) is 63.1 Å². The third-order valence-electron chi connectivity index (χ3n) is 8.38. The number of allylic oxidation sites excluding steroid dienone is 4. The molecule has 0 saturated heterocycles. The number of fused-ring (bicyclic) bond motifs is 5. The third kappa shape index (κ3) is 2.00. The molecule has 0 spiro atoms. The van der Waals surface area contributed by atoms with Crippen molar-refractivity contribution in [3.05, 3.63) is 23.8 Å². The van der Waals surface area contributed by atoms with Crippen LogP contribution in [0.3, 0.4) is 0 Å². The Morgan fingerprint density at radius 2 is 2.00 bits per heavy atom. The quantitative estimate of drug-likeness (QED) is 0.659. The van der Waals surface area contributed by atoms with Gasteiger partial charge in [-0.1, -0.05) is 18.6 Å². The van der Waals surface area contributed by atoms with Gasteiger partial charge in [0.15, 0.2) is 22.8 Å². The molecule has 3 fully saturated rings. The van der Waals surface area contributed by atoms with E-state index in [1.807, 2.05) is 0 Å². The molecule has 4 aliphatic carbocycles. The minimum absolute atomic E-state index is 0.209. The van der Waals surface area contributed by atoms with E-state index < -0.39 is 58.6 Å². The number of carbonyl (C=O) groups excluding carboxylic acids is 2. The number of aliphatic hydroxyl groups excluding tert-OH is 2. The minimum Gasteiger partial charge on any atom is -0.390 e. The molecule has 0 bridgehead atoms. The number of Topliss-reactive ketones (excluding diaryl/α,β-unsaturated/α-hetero) is 1. The van der Waals surface area contributed by atoms with Crippen molar-refractivity contribution in [1.29, 1.82) is 0 Å². The second kappa shape index (κ2) is 5.80. The van der Waals surface area contributed by atoms with Crippen LogP contribution in [0.15, 0.2) is 23.8 Å². The van der Waals surface area contributed by atoms with Crippen molar-refractivity contribution in [2.75, 3.05) is 6.61 Å². The van der Waals surface area contributed by atoms with E-state index in [1.165, 1.54) is 25.2 Å². The summed E-state index contributed by atoms with van der Waals surface area (Å²) < 4.78 is 31.7. The second-order valence-electron chi connectivity index (χ2n) is 9.32. The van der Waals surface area contributed by atoms with Gasteiger partial charge in [-0.15, -0.1) is 0 Å². The molecular weight excluding hydrogens is 370 g/mol. The molecule has 28 heavy (non-hydrogen) atoms. The predicted molar refractivity (Wildman–Crippen MR) is 95.7 cm³/mol. The molecule has 0 amide bonds. The Balaban J connectivity index is 1.84. The number of rotatable bonds is 2. The predicted octanol–water partition coefficient (Wildman–Crippen LogP) is 1.60. The van der Waals surface area contributed by atoms with E-state index in [9.17, 15) is 29.3 Å². The summed E-state index contributed by atoms with van der Waals surface area (Å²) in [5, 5.41) is 31.3. The Kier molecular flexibility index (Phi) is 4.11. The fourth-order valence-electron chi connectivity index (χ4n) is 6.80. The molecule has 0 aliphatic heterocycles. The van der Waals surface area contributed by atoms with Crippen LogP contribution in [-0.4, -0.2) is 57.0 Å². The summed E-state index contributed by atoms with van der Waals surface area (Å²) in [4.78, 5) is 24.1. The number of hydrogen-bond acceptors (Lipinski definition) is 5. The van der Waals surface area contributed by atoms with E-state index in [2.05, 4.69) is 0 Å². The summed E-state index contributed by atoms with van der Waals surface area (Å²) in [6.07, 6.45) is 0.895. The summed E-state index contributed by atoms with van der Waals surface area (Å²) in [5.74, 6) is -2.73. The molecule has 4 rings (SSSR count). The maximum atomic E-state index is 16.7.